The minimum Gasteiger partial charge on any atom is -0.353 e. The molecule has 0 aromatic rings. The van der Waals surface area contributed by atoms with Gasteiger partial charge in [0.05, 0.1) is 5.57 Å². The molecular weight excluding hydrogens is 503 g/mol. The topological polar surface area (TPSA) is 87.0 Å². The Kier molecular flexibility index (Phi) is 6.99. The number of carbonyl (C=O) groups excluding carboxylic acids is 3. The number of amides is 1. The van der Waals surface area contributed by atoms with Gasteiger partial charge in [-0.1, -0.05) is 54.5 Å². The summed E-state index contributed by atoms with van der Waals surface area (Å²) in [6.45, 7) is 15.1. The van der Waals surface area contributed by atoms with Gasteiger partial charge in [-0.3, -0.25) is 14.4 Å². The van der Waals surface area contributed by atoms with Crippen LogP contribution in [0.25, 0.3) is 0 Å². The van der Waals surface area contributed by atoms with Gasteiger partial charge in [-0.2, -0.15) is 5.26 Å². The van der Waals surface area contributed by atoms with Crippen LogP contribution in [0.1, 0.15) is 99.8 Å². The van der Waals surface area contributed by atoms with E-state index in [0.29, 0.717) is 24.5 Å². The lowest BCUT2D eigenvalue weighted by Gasteiger charge is -2.71. The van der Waals surface area contributed by atoms with Crippen molar-refractivity contribution in [2.75, 3.05) is 13.2 Å². The van der Waals surface area contributed by atoms with Crippen LogP contribution in [0.2, 0.25) is 0 Å². The largest absolute Gasteiger partial charge is 0.353 e. The predicted octanol–water partition coefficient (Wildman–Crippen LogP) is 6.62. The van der Waals surface area contributed by atoms with Gasteiger partial charge in [-0.25, -0.2) is 4.39 Å². The molecule has 40 heavy (non-hydrogen) atoms. The van der Waals surface area contributed by atoms with Crippen LogP contribution in [0.15, 0.2) is 11.6 Å². The molecular formula is C34H49FN2O3. The Hall–Kier alpha value is -2.03. The van der Waals surface area contributed by atoms with Crippen LogP contribution < -0.4 is 5.32 Å². The first-order chi connectivity index (χ1) is 18.6. The van der Waals surface area contributed by atoms with E-state index >= 15 is 0 Å². The monoisotopic (exact) mass is 552 g/mol. The minimum absolute atomic E-state index is 0.0321. The minimum atomic E-state index is -0.627. The lowest BCUT2D eigenvalue weighted by Crippen LogP contribution is -2.67. The summed E-state index contributed by atoms with van der Waals surface area (Å²) in [7, 11) is 0. The van der Waals surface area contributed by atoms with Gasteiger partial charge >= 0.3 is 0 Å². The van der Waals surface area contributed by atoms with Crippen molar-refractivity contribution in [1.29, 1.82) is 5.26 Å². The predicted molar refractivity (Wildman–Crippen MR) is 152 cm³/mol. The van der Waals surface area contributed by atoms with E-state index in [1.807, 2.05) is 19.9 Å². The van der Waals surface area contributed by atoms with Crippen molar-refractivity contribution in [3.8, 4) is 6.07 Å². The van der Waals surface area contributed by atoms with E-state index in [9.17, 15) is 24.0 Å². The fraction of sp³-hybridized carbons (Fsp3) is 0.824. The standard InChI is InChI=1S/C34H49FN2O3/c1-30(2)16-20(14-27(39)37-13-12-35)22-8-10-34(7)28(23(22)18-30)24(38)15-26-32(5)17-21(19-36)29(40)31(3,4)25(32)9-11-33(26,34)6/h17,20,22-23,25-26,28H,8-16,18H2,1-7H3,(H,37,39)/t20-,22-,23+,25+,26-,28+,32+,33-,34-/m1/s1. The molecule has 1 N–H and O–H groups in total. The molecule has 0 aliphatic heterocycles. The van der Waals surface area contributed by atoms with E-state index in [-0.39, 0.29) is 69.6 Å². The Morgan fingerprint density at radius 2 is 1.68 bits per heavy atom. The molecule has 4 saturated carbocycles. The summed E-state index contributed by atoms with van der Waals surface area (Å²) in [5, 5.41) is 12.6. The van der Waals surface area contributed by atoms with Crippen molar-refractivity contribution >= 4 is 17.5 Å². The Morgan fingerprint density at radius 1 is 1.00 bits per heavy atom. The fourth-order valence-corrected chi connectivity index (χ4v) is 11.6. The molecule has 5 nitrogen and oxygen atoms in total. The SMILES string of the molecule is CC1(C)C[C@@H](CC(=O)NCCF)[C@H]2CC[C@]3(C)[C@H](C(=O)C[C@@H]4[C@@]5(C)C=C(C#N)C(=O)C(C)(C)[C@@H]5CC[C@]43C)[C@H]2C1. The number of hydrogen-bond acceptors (Lipinski definition) is 4. The number of fused-ring (bicyclic) bond motifs is 7. The molecule has 220 valence electrons. The van der Waals surface area contributed by atoms with E-state index in [0.717, 1.165) is 38.5 Å². The van der Waals surface area contributed by atoms with Gasteiger partial charge in [0.15, 0.2) is 5.78 Å². The molecule has 1 amide bonds. The highest BCUT2D eigenvalue weighted by atomic mass is 19.1. The van der Waals surface area contributed by atoms with Crippen LogP contribution in [0.3, 0.4) is 0 Å². The number of carbonyl (C=O) groups is 3. The van der Waals surface area contributed by atoms with Crippen molar-refractivity contribution in [3.05, 3.63) is 11.6 Å². The van der Waals surface area contributed by atoms with Gasteiger partial charge < -0.3 is 5.32 Å². The second-order valence-electron chi connectivity index (χ2n) is 16.2. The zero-order valence-electron chi connectivity index (χ0n) is 25.7. The number of ketones is 2. The van der Waals surface area contributed by atoms with Crippen LogP contribution in [-0.2, 0) is 14.4 Å². The summed E-state index contributed by atoms with van der Waals surface area (Å²) in [6.07, 6.45) is 8.69. The van der Waals surface area contributed by atoms with Gasteiger partial charge in [0.25, 0.3) is 0 Å². The number of hydrogen-bond donors (Lipinski definition) is 1. The molecule has 0 unspecified atom stereocenters. The number of allylic oxidation sites excluding steroid dienone is 2. The number of rotatable bonds is 4. The van der Waals surface area contributed by atoms with Gasteiger partial charge in [0, 0.05) is 30.7 Å². The third-order valence-corrected chi connectivity index (χ3v) is 13.3. The third-order valence-electron chi connectivity index (χ3n) is 13.3. The summed E-state index contributed by atoms with van der Waals surface area (Å²) < 4.78 is 12.7. The number of nitriles is 1. The number of alkyl halides is 1. The Morgan fingerprint density at radius 3 is 2.33 bits per heavy atom. The van der Waals surface area contributed by atoms with E-state index in [2.05, 4.69) is 46.0 Å². The zero-order chi connectivity index (χ0) is 29.5. The second kappa shape index (κ2) is 9.50. The first-order valence-electron chi connectivity index (χ1n) is 15.6. The Bertz CT molecular complexity index is 1180. The van der Waals surface area contributed by atoms with Crippen molar-refractivity contribution in [2.24, 2.45) is 62.6 Å². The lowest BCUT2D eigenvalue weighted by atomic mass is 9.32. The van der Waals surface area contributed by atoms with Gasteiger partial charge in [-0.15, -0.1) is 0 Å². The van der Waals surface area contributed by atoms with Crippen LogP contribution in [0.4, 0.5) is 4.39 Å². The number of halogens is 1. The maximum Gasteiger partial charge on any atom is 0.220 e. The first kappa shape index (κ1) is 29.5. The summed E-state index contributed by atoms with van der Waals surface area (Å²) in [5.74, 6) is 1.14. The van der Waals surface area contributed by atoms with Crippen LogP contribution in [-0.4, -0.2) is 30.7 Å². The molecule has 0 aromatic heterocycles. The Balaban J connectivity index is 1.53. The molecule has 5 aliphatic rings. The lowest BCUT2D eigenvalue weighted by molar-refractivity contribution is -0.214. The smallest absolute Gasteiger partial charge is 0.220 e. The first-order valence-corrected chi connectivity index (χ1v) is 15.6. The van der Waals surface area contributed by atoms with Crippen molar-refractivity contribution in [2.45, 2.75) is 99.8 Å². The molecule has 0 bridgehead atoms. The van der Waals surface area contributed by atoms with Gasteiger partial charge in [0.2, 0.25) is 5.91 Å². The van der Waals surface area contributed by atoms with E-state index < -0.39 is 17.5 Å². The molecule has 0 spiro atoms. The highest BCUT2D eigenvalue weighted by Crippen LogP contribution is 2.74. The molecule has 5 aliphatic carbocycles. The maximum absolute atomic E-state index is 14.5. The van der Waals surface area contributed by atoms with E-state index in [4.69, 9.17) is 0 Å². The summed E-state index contributed by atoms with van der Waals surface area (Å²) in [5.41, 5.74) is -0.992. The number of nitrogens with zero attached hydrogens (tertiary/aromatic N) is 1. The summed E-state index contributed by atoms with van der Waals surface area (Å²) in [4.78, 5) is 40.4. The Labute approximate surface area is 240 Å². The van der Waals surface area contributed by atoms with Crippen LogP contribution >= 0.6 is 0 Å². The third kappa shape index (κ3) is 4.07. The van der Waals surface area contributed by atoms with E-state index in [1.54, 1.807) is 0 Å². The second-order valence-corrected chi connectivity index (χ2v) is 16.2. The molecule has 6 heteroatoms. The summed E-state index contributed by atoms with van der Waals surface area (Å²) >= 11 is 0. The fourth-order valence-electron chi connectivity index (χ4n) is 11.6. The molecule has 0 saturated heterocycles. The molecule has 0 heterocycles. The average Bonchev–Trinajstić information content (AvgIpc) is 2.85. The van der Waals surface area contributed by atoms with Crippen LogP contribution in [0, 0.1) is 73.9 Å². The maximum atomic E-state index is 14.5. The number of Topliss-reactive ketones (excluding diaryl/α,β-unsaturated/α-hetero) is 2. The van der Waals surface area contributed by atoms with Gasteiger partial charge in [0.1, 0.15) is 18.5 Å². The quantitative estimate of drug-likeness (QED) is 0.425. The van der Waals surface area contributed by atoms with Gasteiger partial charge in [-0.05, 0) is 89.8 Å². The molecule has 0 aromatic carbocycles. The van der Waals surface area contributed by atoms with E-state index in [1.165, 1.54) is 0 Å². The van der Waals surface area contributed by atoms with Crippen molar-refractivity contribution in [3.63, 3.8) is 0 Å². The molecule has 4 fully saturated rings. The average molecular weight is 553 g/mol. The molecule has 9 atom stereocenters. The van der Waals surface area contributed by atoms with Crippen LogP contribution in [0.5, 0.6) is 0 Å². The molecule has 0 radical (unpaired) electrons. The molecule has 5 rings (SSSR count). The summed E-state index contributed by atoms with van der Waals surface area (Å²) in [6, 6.07) is 2.21. The highest BCUT2D eigenvalue weighted by molar-refractivity contribution is 6.04. The number of nitrogens with one attached hydrogen (secondary N) is 1. The van der Waals surface area contributed by atoms with Crippen molar-refractivity contribution in [1.82, 2.24) is 5.32 Å². The zero-order valence-corrected chi connectivity index (χ0v) is 25.7. The normalized spacial score (nSPS) is 45.1. The highest BCUT2D eigenvalue weighted by Gasteiger charge is 2.71. The van der Waals surface area contributed by atoms with Crippen molar-refractivity contribution < 1.29 is 18.8 Å².